The predicted molar refractivity (Wildman–Crippen MR) is 368 cm³/mol. The molecule has 0 aliphatic carbocycles. The summed E-state index contributed by atoms with van der Waals surface area (Å²) in [4.78, 5) is 83.0. The van der Waals surface area contributed by atoms with E-state index < -0.39 is 170 Å². The molecule has 8 rings (SSSR count). The van der Waals surface area contributed by atoms with E-state index in [1.165, 1.54) is 58.9 Å². The maximum absolute atomic E-state index is 16.6. The molecule has 2 amide bonds. The zero-order valence-electron chi connectivity index (χ0n) is 59.6. The molecule has 0 saturated carbocycles. The first-order chi connectivity index (χ1) is 47.4. The molecule has 2 unspecified atom stereocenters. The first-order valence-corrected chi connectivity index (χ1v) is 32.8. The molecule has 0 bridgehead atoms. The number of aryl methyl sites for hydroxylation is 4. The third-order valence-corrected chi connectivity index (χ3v) is 17.9. The molecule has 4 N–H and O–H groups in total. The molecule has 4 aromatic carbocycles. The molecule has 34 heteroatoms. The molecule has 2 aliphatic heterocycles. The van der Waals surface area contributed by atoms with E-state index in [4.69, 9.17) is 4.74 Å². The van der Waals surface area contributed by atoms with E-state index in [-0.39, 0.29) is 131 Å². The molecule has 0 radical (unpaired) electrons. The first-order valence-electron chi connectivity index (χ1n) is 32.8. The van der Waals surface area contributed by atoms with E-state index in [0.717, 1.165) is 34.4 Å². The number of aromatic nitrogens is 2. The van der Waals surface area contributed by atoms with Gasteiger partial charge in [-0.2, -0.15) is 79.7 Å². The number of benzene rings is 4. The van der Waals surface area contributed by atoms with Crippen LogP contribution in [0.25, 0.3) is 22.3 Å². The maximum Gasteiger partial charge on any atom is 1.00 e. The fraction of sp³-hybridized carbons (Fsp3) is 0.472. The van der Waals surface area contributed by atoms with Crippen molar-refractivity contribution in [3.63, 3.8) is 0 Å². The van der Waals surface area contributed by atoms with Crippen molar-refractivity contribution in [1.82, 2.24) is 29.6 Å². The molecule has 106 heavy (non-hydrogen) atoms. The quantitative estimate of drug-likeness (QED) is 0.0280. The molecule has 4 atom stereocenters. The second-order valence-electron chi connectivity index (χ2n) is 26.4. The van der Waals surface area contributed by atoms with Crippen molar-refractivity contribution < 1.29 is 124 Å². The number of esters is 1. The summed E-state index contributed by atoms with van der Waals surface area (Å²) >= 11 is 0. The minimum absolute atomic E-state index is 0. The van der Waals surface area contributed by atoms with Gasteiger partial charge < -0.3 is 44.9 Å². The van der Waals surface area contributed by atoms with Crippen LogP contribution in [0.1, 0.15) is 164 Å². The van der Waals surface area contributed by atoms with Crippen molar-refractivity contribution in [1.29, 1.82) is 0 Å². The van der Waals surface area contributed by atoms with Gasteiger partial charge in [-0.1, -0.05) is 64.1 Å². The van der Waals surface area contributed by atoms with Crippen molar-refractivity contribution in [2.45, 2.75) is 163 Å². The second kappa shape index (κ2) is 38.2. The van der Waals surface area contributed by atoms with Crippen LogP contribution in [0.5, 0.6) is 0 Å². The summed E-state index contributed by atoms with van der Waals surface area (Å²) in [6.07, 6.45) is -19.8. The number of aliphatic carboxylic acids is 1. The van der Waals surface area contributed by atoms with Crippen LogP contribution in [0, 0.1) is 62.8 Å². The number of carboxylic acid groups (broad SMARTS) is 1. The van der Waals surface area contributed by atoms with Gasteiger partial charge in [0.15, 0.2) is 0 Å². The average molecular weight is 1550 g/mol. The van der Waals surface area contributed by atoms with Crippen LogP contribution in [0.4, 0.5) is 70.2 Å². The van der Waals surface area contributed by atoms with E-state index in [2.05, 4.69) is 10.6 Å². The third-order valence-electron chi connectivity index (χ3n) is 17.9. The van der Waals surface area contributed by atoms with Gasteiger partial charge in [-0.25, -0.2) is 17.6 Å². The Kier molecular flexibility index (Phi) is 33.5. The van der Waals surface area contributed by atoms with Crippen molar-refractivity contribution in [2.24, 2.45) is 11.8 Å². The van der Waals surface area contributed by atoms with Gasteiger partial charge in [-0.15, -0.1) is 0 Å². The van der Waals surface area contributed by atoms with Crippen LogP contribution in [0.3, 0.4) is 0 Å². The Morgan fingerprint density at radius 3 is 1.11 bits per heavy atom. The summed E-state index contributed by atoms with van der Waals surface area (Å²) in [5.41, 5.74) is -11.6. The average Bonchev–Trinajstić information content (AvgIpc) is 0.767. The Bertz CT molecular complexity index is 4180. The minimum atomic E-state index is -5.37. The molecular formula is C72H83F16LiN6O9S2. The Morgan fingerprint density at radius 1 is 0.519 bits per heavy atom. The zero-order valence-corrected chi connectivity index (χ0v) is 61.6. The summed E-state index contributed by atoms with van der Waals surface area (Å²) in [7, 11) is 0. The van der Waals surface area contributed by atoms with Gasteiger partial charge in [0.25, 0.3) is 11.1 Å². The maximum atomic E-state index is 16.6. The number of nitrogens with one attached hydrogen (secondary N) is 2. The van der Waals surface area contributed by atoms with Crippen LogP contribution in [0.15, 0.2) is 82.6 Å². The fourth-order valence-corrected chi connectivity index (χ4v) is 12.7. The molecule has 2 fully saturated rings. The van der Waals surface area contributed by atoms with Gasteiger partial charge in [0, 0.05) is 59.9 Å². The summed E-state index contributed by atoms with van der Waals surface area (Å²) in [6.45, 7) is 17.0. The van der Waals surface area contributed by atoms with E-state index in [1.54, 1.807) is 39.8 Å². The second-order valence-corrected chi connectivity index (χ2v) is 26.4. The summed E-state index contributed by atoms with van der Waals surface area (Å²) < 4.78 is 241. The van der Waals surface area contributed by atoms with Crippen molar-refractivity contribution >= 4 is 50.7 Å². The molecule has 6 aromatic rings. The van der Waals surface area contributed by atoms with Gasteiger partial charge in [-0.3, -0.25) is 28.8 Å². The largest absolute Gasteiger partial charge is 1.00 e. The van der Waals surface area contributed by atoms with Crippen molar-refractivity contribution in [3.05, 3.63) is 184 Å². The summed E-state index contributed by atoms with van der Waals surface area (Å²) in [5.74, 6) is -13.3. The Labute approximate surface area is 627 Å². The molecule has 580 valence electrons. The molecule has 15 nitrogen and oxygen atoms in total. The summed E-state index contributed by atoms with van der Waals surface area (Å²) in [6, 6.07) is 3.01. The molecule has 4 heterocycles. The number of likely N-dealkylation sites (tertiary alicyclic amines) is 2. The standard InChI is InChI=1S/C37H41F8N3O4.C35H37F8N3O4.Li.H2O.2H2S/c1-6-52-30(50)18-27(32-33(38)24(16-26(34(32)39)37(43,44)45)31-21(4)9-7-10-22(31)5)46-35(51)28(15-20(2)3)48-19-23(11-14-47-12-8-13-47)25(17-29(48)49)36(40,41)42;1-18(2)13-26(46-17-21(9-12-45-10-6-11-45)23(15-27(46)47)34(38,39)40)33(50)44-25(16-28(48)49)30-31(36)22(14-24(32(30)37)35(41,42)43)29-19(3)7-5-8-20(29)4;;;;/h7,9-10,16-17,19-20,27-28H,6,8,11-15,18H2,1-5H3,(H,46,51);5,7-8,14-15,17-18,25-26H,6,9-13,16H2,1-4H3,(H,44,50)(H,48,49);;3*1H2/q;;+1;;;/p-1/t27-,28?;25-,26?;;;;/m00..../s1. The Morgan fingerprint density at radius 2 is 0.840 bits per heavy atom. The topological polar surface area (TPSA) is 202 Å². The minimum Gasteiger partial charge on any atom is -0.870 e. The number of amides is 2. The Hall–Kier alpha value is -7.28. The number of rotatable bonds is 25. The number of ether oxygens (including phenoxy) is 1. The van der Waals surface area contributed by atoms with E-state index in [9.17, 15) is 86.6 Å². The summed E-state index contributed by atoms with van der Waals surface area (Å²) in [5, 5.41) is 14.1. The van der Waals surface area contributed by atoms with Gasteiger partial charge in [0.2, 0.25) is 11.8 Å². The molecule has 2 aliphatic rings. The molecule has 2 saturated heterocycles. The van der Waals surface area contributed by atoms with Gasteiger partial charge in [0.05, 0.1) is 53.8 Å². The predicted octanol–water partition coefficient (Wildman–Crippen LogP) is 12.8. The van der Waals surface area contributed by atoms with Gasteiger partial charge in [-0.05, 0) is 168 Å². The number of alkyl halides is 12. The Balaban J connectivity index is 0.000000531. The number of pyridine rings is 2. The monoisotopic (exact) mass is 1550 g/mol. The molecule has 2 aromatic heterocycles. The van der Waals surface area contributed by atoms with E-state index in [1.807, 2.05) is 9.80 Å². The van der Waals surface area contributed by atoms with Gasteiger partial charge in [0.1, 0.15) is 35.4 Å². The number of halogens is 16. The van der Waals surface area contributed by atoms with Crippen molar-refractivity contribution in [3.8, 4) is 22.3 Å². The third kappa shape index (κ3) is 22.7. The van der Waals surface area contributed by atoms with Crippen LogP contribution in [-0.4, -0.2) is 99.1 Å². The normalized spacial score (nSPS) is 14.5. The van der Waals surface area contributed by atoms with Crippen molar-refractivity contribution in [2.75, 3.05) is 45.9 Å². The number of hydrogen-bond donors (Lipinski definition) is 3. The van der Waals surface area contributed by atoms with Gasteiger partial charge >= 0.3 is 55.5 Å². The number of hydrogen-bond acceptors (Lipinski definition) is 10. The molecular weight excluding hydrogens is 1470 g/mol. The number of nitrogens with zero attached hydrogens (tertiary/aromatic N) is 4. The smallest absolute Gasteiger partial charge is 0.870 e. The fourth-order valence-electron chi connectivity index (χ4n) is 12.7. The number of carbonyl (C=O) groups excluding carboxylic acids is 3. The first kappa shape index (κ1) is 92.9. The van der Waals surface area contributed by atoms with Crippen LogP contribution in [0.2, 0.25) is 0 Å². The molecule has 0 spiro atoms. The van der Waals surface area contributed by atoms with E-state index >= 15 is 17.6 Å². The van der Waals surface area contributed by atoms with Crippen LogP contribution < -0.4 is 40.6 Å². The van der Waals surface area contributed by atoms with Crippen LogP contribution in [-0.2, 0) is 61.5 Å². The number of carbonyl (C=O) groups is 4. The number of carboxylic acids is 1. The zero-order chi connectivity index (χ0) is 76.0. The SMILES string of the molecule is CCOC(=O)C[C@H](NC(=O)C(CC(C)C)n1cc(CCN2CCC2)c(C(F)(F)F)cc1=O)c1c(F)c(-c2c(C)cccc2C)cc(C(F)(F)F)c1F.Cc1cccc(C)c1-c1cc(C(F)(F)F)c(F)c([C@H](CC(=O)O)NC(=O)C(CC(C)C)n2cc(CCN3CCC3)c(C(F)(F)F)cc2=O)c1F.S.S.[Li+].[OH-]. The van der Waals surface area contributed by atoms with E-state index in [0.29, 0.717) is 66.6 Å². The van der Waals surface area contributed by atoms with Crippen LogP contribution >= 0.6 is 27.0 Å².